The van der Waals surface area contributed by atoms with Gasteiger partial charge in [-0.15, -0.1) is 0 Å². The first-order valence-electron chi connectivity index (χ1n) is 10.0. The van der Waals surface area contributed by atoms with Crippen molar-refractivity contribution in [3.63, 3.8) is 0 Å². The summed E-state index contributed by atoms with van der Waals surface area (Å²) < 4.78 is 6.16. The Morgan fingerprint density at radius 2 is 2.21 bits per heavy atom. The first-order chi connectivity index (χ1) is 13.5. The molecule has 1 amide bonds. The number of ether oxygens (including phenoxy) is 1. The van der Waals surface area contributed by atoms with Crippen LogP contribution in [-0.2, 0) is 11.3 Å². The topological polar surface area (TPSA) is 74.4 Å². The number of imidazole rings is 1. The molecule has 2 fully saturated rings. The standard InChI is InChI=1S/C21H29N5O2/c1-16-23-12-19(24-16)20(27)26-8-5-21(6-9-26)10-18(28-15-21)14-25(2)13-17-4-3-7-22-11-17/h3-4,7,11-12,18H,5-6,8-10,13-15H2,1-2H3,(H,23,24). The zero-order valence-electron chi connectivity index (χ0n) is 16.7. The Hall–Kier alpha value is -2.25. The van der Waals surface area contributed by atoms with Crippen molar-refractivity contribution in [1.82, 2.24) is 24.8 Å². The minimum Gasteiger partial charge on any atom is -0.376 e. The van der Waals surface area contributed by atoms with Crippen molar-refractivity contribution < 1.29 is 9.53 Å². The Labute approximate surface area is 166 Å². The highest BCUT2D eigenvalue weighted by molar-refractivity contribution is 5.92. The maximum absolute atomic E-state index is 12.6. The van der Waals surface area contributed by atoms with Gasteiger partial charge in [-0.25, -0.2) is 4.98 Å². The lowest BCUT2D eigenvalue weighted by Crippen LogP contribution is -2.43. The predicted molar refractivity (Wildman–Crippen MR) is 106 cm³/mol. The van der Waals surface area contributed by atoms with Crippen LogP contribution < -0.4 is 0 Å². The number of hydrogen-bond donors (Lipinski definition) is 1. The van der Waals surface area contributed by atoms with E-state index < -0.39 is 0 Å². The molecule has 7 heteroatoms. The van der Waals surface area contributed by atoms with Gasteiger partial charge in [0.05, 0.1) is 18.9 Å². The lowest BCUT2D eigenvalue weighted by Gasteiger charge is -2.38. The van der Waals surface area contributed by atoms with Gasteiger partial charge in [0.25, 0.3) is 5.91 Å². The van der Waals surface area contributed by atoms with Crippen LogP contribution in [0.1, 0.15) is 41.1 Å². The molecular formula is C21H29N5O2. The van der Waals surface area contributed by atoms with Crippen molar-refractivity contribution in [2.75, 3.05) is 33.3 Å². The maximum Gasteiger partial charge on any atom is 0.271 e. The Morgan fingerprint density at radius 1 is 1.39 bits per heavy atom. The van der Waals surface area contributed by atoms with E-state index in [1.54, 1.807) is 12.4 Å². The number of likely N-dealkylation sites (N-methyl/N-ethyl adjacent to an activating group) is 1. The lowest BCUT2D eigenvalue weighted by atomic mass is 9.76. The van der Waals surface area contributed by atoms with Gasteiger partial charge in [0.2, 0.25) is 0 Å². The lowest BCUT2D eigenvalue weighted by molar-refractivity contribution is 0.0454. The van der Waals surface area contributed by atoms with Gasteiger partial charge in [0, 0.05) is 38.6 Å². The van der Waals surface area contributed by atoms with Crippen LogP contribution in [0.2, 0.25) is 0 Å². The highest BCUT2D eigenvalue weighted by atomic mass is 16.5. The molecule has 1 spiro atoms. The van der Waals surface area contributed by atoms with E-state index in [9.17, 15) is 4.79 Å². The van der Waals surface area contributed by atoms with E-state index in [1.165, 1.54) is 5.56 Å². The van der Waals surface area contributed by atoms with E-state index in [0.717, 1.165) is 57.9 Å². The van der Waals surface area contributed by atoms with Crippen molar-refractivity contribution in [2.24, 2.45) is 5.41 Å². The number of pyridine rings is 1. The van der Waals surface area contributed by atoms with E-state index in [4.69, 9.17) is 4.74 Å². The summed E-state index contributed by atoms with van der Waals surface area (Å²) in [4.78, 5) is 28.2. The summed E-state index contributed by atoms with van der Waals surface area (Å²) >= 11 is 0. The summed E-state index contributed by atoms with van der Waals surface area (Å²) in [6, 6.07) is 4.08. The second-order valence-electron chi connectivity index (χ2n) is 8.37. The quantitative estimate of drug-likeness (QED) is 0.857. The largest absolute Gasteiger partial charge is 0.376 e. The van der Waals surface area contributed by atoms with E-state index in [1.807, 2.05) is 24.1 Å². The number of hydrogen-bond acceptors (Lipinski definition) is 5. The van der Waals surface area contributed by atoms with Crippen molar-refractivity contribution in [1.29, 1.82) is 0 Å². The predicted octanol–water partition coefficient (Wildman–Crippen LogP) is 2.26. The second kappa shape index (κ2) is 8.01. The number of aromatic nitrogens is 3. The van der Waals surface area contributed by atoms with Gasteiger partial charge < -0.3 is 14.6 Å². The first kappa shape index (κ1) is 19.1. The molecule has 1 unspecified atom stereocenters. The molecule has 2 aliphatic rings. The molecule has 0 radical (unpaired) electrons. The minimum absolute atomic E-state index is 0.0575. The van der Waals surface area contributed by atoms with Crippen molar-refractivity contribution in [3.05, 3.63) is 47.8 Å². The van der Waals surface area contributed by atoms with E-state index in [0.29, 0.717) is 5.69 Å². The smallest absolute Gasteiger partial charge is 0.271 e. The molecule has 1 N–H and O–H groups in total. The fourth-order valence-corrected chi connectivity index (χ4v) is 4.46. The van der Waals surface area contributed by atoms with Crippen LogP contribution in [0.25, 0.3) is 0 Å². The minimum atomic E-state index is 0.0575. The average molecular weight is 383 g/mol. The third-order valence-electron chi connectivity index (χ3n) is 6.02. The number of carbonyl (C=O) groups is 1. The molecule has 0 aliphatic carbocycles. The average Bonchev–Trinajstić information content (AvgIpc) is 3.29. The molecular weight excluding hydrogens is 354 g/mol. The summed E-state index contributed by atoms with van der Waals surface area (Å²) in [6.45, 7) is 6.06. The molecule has 2 aromatic rings. The molecule has 0 saturated carbocycles. The number of rotatable bonds is 5. The number of aryl methyl sites for hydroxylation is 1. The van der Waals surface area contributed by atoms with Crippen molar-refractivity contribution in [2.45, 2.75) is 38.8 Å². The number of amides is 1. The van der Waals surface area contributed by atoms with Crippen LogP contribution in [0.15, 0.2) is 30.7 Å². The number of H-pyrrole nitrogens is 1. The molecule has 28 heavy (non-hydrogen) atoms. The molecule has 0 aromatic carbocycles. The van der Waals surface area contributed by atoms with Gasteiger partial charge in [0.1, 0.15) is 11.5 Å². The van der Waals surface area contributed by atoms with E-state index in [-0.39, 0.29) is 17.4 Å². The highest BCUT2D eigenvalue weighted by Gasteiger charge is 2.43. The van der Waals surface area contributed by atoms with Crippen LogP contribution in [0.3, 0.4) is 0 Å². The Balaban J connectivity index is 1.27. The summed E-state index contributed by atoms with van der Waals surface area (Å²) in [5, 5.41) is 0. The van der Waals surface area contributed by atoms with Gasteiger partial charge in [-0.3, -0.25) is 14.7 Å². The zero-order valence-corrected chi connectivity index (χ0v) is 16.7. The number of piperidine rings is 1. The Morgan fingerprint density at radius 3 is 2.89 bits per heavy atom. The number of nitrogens with one attached hydrogen (secondary N) is 1. The molecule has 1 atom stereocenters. The van der Waals surface area contributed by atoms with Crippen LogP contribution in [0.5, 0.6) is 0 Å². The Bertz CT molecular complexity index is 798. The van der Waals surface area contributed by atoms with Gasteiger partial charge in [-0.2, -0.15) is 0 Å². The Kier molecular flexibility index (Phi) is 5.46. The molecule has 2 saturated heterocycles. The fourth-order valence-electron chi connectivity index (χ4n) is 4.46. The second-order valence-corrected chi connectivity index (χ2v) is 8.37. The number of nitrogens with zero attached hydrogens (tertiary/aromatic N) is 4. The third-order valence-corrected chi connectivity index (χ3v) is 6.02. The van der Waals surface area contributed by atoms with Gasteiger partial charge in [0.15, 0.2) is 0 Å². The summed E-state index contributed by atoms with van der Waals surface area (Å²) in [5.74, 6) is 0.835. The fraction of sp³-hybridized carbons (Fsp3) is 0.571. The molecule has 2 aliphatic heterocycles. The number of carbonyl (C=O) groups excluding carboxylic acids is 1. The normalized spacial score (nSPS) is 21.5. The molecule has 150 valence electrons. The monoisotopic (exact) mass is 383 g/mol. The first-order valence-corrected chi connectivity index (χ1v) is 10.0. The van der Waals surface area contributed by atoms with E-state index >= 15 is 0 Å². The summed E-state index contributed by atoms with van der Waals surface area (Å²) in [7, 11) is 2.13. The van der Waals surface area contributed by atoms with E-state index in [2.05, 4.69) is 33.0 Å². The molecule has 2 aromatic heterocycles. The molecule has 4 rings (SSSR count). The zero-order chi connectivity index (χ0) is 19.6. The summed E-state index contributed by atoms with van der Waals surface area (Å²) in [5.41, 5.74) is 2.03. The van der Waals surface area contributed by atoms with Crippen molar-refractivity contribution in [3.8, 4) is 0 Å². The summed E-state index contributed by atoms with van der Waals surface area (Å²) in [6.07, 6.45) is 8.71. The number of aromatic amines is 1. The third kappa shape index (κ3) is 4.25. The SMILES string of the molecule is Cc1ncc(C(=O)N2CCC3(CC2)COC(CN(C)Cc2cccnc2)C3)[nH]1. The highest BCUT2D eigenvalue weighted by Crippen LogP contribution is 2.42. The van der Waals surface area contributed by atoms with Gasteiger partial charge in [-0.05, 0) is 50.3 Å². The maximum atomic E-state index is 12.6. The van der Waals surface area contributed by atoms with Gasteiger partial charge in [-0.1, -0.05) is 6.07 Å². The molecule has 0 bridgehead atoms. The number of likely N-dealkylation sites (tertiary alicyclic amines) is 1. The van der Waals surface area contributed by atoms with Crippen LogP contribution in [-0.4, -0.2) is 70.1 Å². The van der Waals surface area contributed by atoms with Gasteiger partial charge >= 0.3 is 0 Å². The van der Waals surface area contributed by atoms with Crippen LogP contribution >= 0.6 is 0 Å². The molecule has 4 heterocycles. The van der Waals surface area contributed by atoms with Crippen LogP contribution in [0, 0.1) is 12.3 Å². The van der Waals surface area contributed by atoms with Crippen molar-refractivity contribution >= 4 is 5.91 Å². The van der Waals surface area contributed by atoms with Crippen LogP contribution in [0.4, 0.5) is 0 Å². The molecule has 7 nitrogen and oxygen atoms in total.